The molecule has 1 aliphatic heterocycles. The number of hydrogen-bond donors (Lipinski definition) is 1. The molecule has 0 aromatic heterocycles. The van der Waals surface area contributed by atoms with Crippen LogP contribution >= 0.6 is 0 Å². The van der Waals surface area contributed by atoms with E-state index in [0.717, 1.165) is 6.42 Å². The first-order valence-corrected chi connectivity index (χ1v) is 8.99. The summed E-state index contributed by atoms with van der Waals surface area (Å²) in [6, 6.07) is 10.5. The molecule has 3 aliphatic rings. The summed E-state index contributed by atoms with van der Waals surface area (Å²) in [5.74, 6) is 1.24. The van der Waals surface area contributed by atoms with Crippen molar-refractivity contribution in [1.82, 2.24) is 10.2 Å². The van der Waals surface area contributed by atoms with Crippen molar-refractivity contribution in [3.05, 3.63) is 35.9 Å². The highest BCUT2D eigenvalue weighted by Crippen LogP contribution is 2.76. The van der Waals surface area contributed by atoms with Gasteiger partial charge in [0.2, 0.25) is 0 Å². The number of nitrogens with one attached hydrogen (secondary N) is 1. The monoisotopic (exact) mass is 332 g/mol. The average molecular weight is 332 g/mol. The summed E-state index contributed by atoms with van der Waals surface area (Å²) in [6.45, 7) is 3.42. The Hall–Kier alpha value is -1.62. The van der Waals surface area contributed by atoms with Gasteiger partial charge in [-0.3, -0.25) is 0 Å². The molecule has 4 nitrogen and oxygen atoms in total. The molecule has 4 rings (SSSR count). The Morgan fingerprint density at radius 3 is 2.67 bits per heavy atom. The predicted octanol–water partition coefficient (Wildman–Crippen LogP) is 3.09. The van der Waals surface area contributed by atoms with Crippen LogP contribution in [-0.2, 0) is 4.74 Å². The van der Waals surface area contributed by atoms with E-state index < -0.39 is 5.67 Å². The molecular formula is C19H25FN2O2. The van der Waals surface area contributed by atoms with Gasteiger partial charge in [-0.1, -0.05) is 30.3 Å². The number of amides is 1. The molecule has 3 atom stereocenters. The van der Waals surface area contributed by atoms with Crippen molar-refractivity contribution in [2.75, 3.05) is 26.2 Å². The number of nitrogens with zero attached hydrogens (tertiary/aromatic N) is 1. The van der Waals surface area contributed by atoms with Gasteiger partial charge >= 0.3 is 6.09 Å². The number of piperidine rings is 1. The number of carbonyl (C=O) groups excluding carboxylic acids is 1. The van der Waals surface area contributed by atoms with E-state index in [9.17, 15) is 4.79 Å². The van der Waals surface area contributed by atoms with Crippen LogP contribution in [0.2, 0.25) is 0 Å². The van der Waals surface area contributed by atoms with Crippen LogP contribution in [-0.4, -0.2) is 48.4 Å². The zero-order valence-electron chi connectivity index (χ0n) is 14.1. The van der Waals surface area contributed by atoms with E-state index >= 15 is 4.39 Å². The Bertz CT molecular complexity index is 615. The van der Waals surface area contributed by atoms with Crippen LogP contribution in [0, 0.1) is 5.92 Å². The molecule has 2 unspecified atom stereocenters. The Labute approximate surface area is 142 Å². The van der Waals surface area contributed by atoms with Crippen molar-refractivity contribution in [3.63, 3.8) is 0 Å². The summed E-state index contributed by atoms with van der Waals surface area (Å²) in [7, 11) is 0. The van der Waals surface area contributed by atoms with Crippen molar-refractivity contribution >= 4 is 6.09 Å². The van der Waals surface area contributed by atoms with Crippen LogP contribution < -0.4 is 5.32 Å². The minimum Gasteiger partial charge on any atom is -0.450 e. The number of halogens is 1. The van der Waals surface area contributed by atoms with Crippen LogP contribution in [0.5, 0.6) is 0 Å². The first kappa shape index (κ1) is 15.9. The van der Waals surface area contributed by atoms with Gasteiger partial charge in [-0.15, -0.1) is 0 Å². The van der Waals surface area contributed by atoms with Gasteiger partial charge in [0.25, 0.3) is 0 Å². The minimum atomic E-state index is -1.21. The number of likely N-dealkylation sites (tertiary alicyclic amines) is 1. The molecule has 1 aromatic carbocycles. The second kappa shape index (κ2) is 5.73. The Kier molecular flexibility index (Phi) is 3.79. The molecule has 1 saturated heterocycles. The number of alkyl halides is 1. The quantitative estimate of drug-likeness (QED) is 0.901. The van der Waals surface area contributed by atoms with Crippen LogP contribution in [0.3, 0.4) is 0 Å². The standard InChI is InChI=1S/C19H25FN2O2/c1-2-24-17(23)22-10-8-18(20,9-11-22)13-21-19-12-15(19)16(19)14-6-4-3-5-7-14/h3-7,15-16,21H,2,8-13H2,1H3/t15-,16?,19?/m1/s1. The van der Waals surface area contributed by atoms with E-state index in [-0.39, 0.29) is 11.6 Å². The van der Waals surface area contributed by atoms with Gasteiger partial charge in [-0.25, -0.2) is 9.18 Å². The van der Waals surface area contributed by atoms with Crippen LogP contribution in [0.15, 0.2) is 30.3 Å². The first-order valence-electron chi connectivity index (χ1n) is 8.99. The molecule has 5 heteroatoms. The van der Waals surface area contributed by atoms with Gasteiger partial charge in [0.15, 0.2) is 0 Å². The van der Waals surface area contributed by atoms with Crippen molar-refractivity contribution in [3.8, 4) is 0 Å². The number of ether oxygens (including phenoxy) is 1. The SMILES string of the molecule is CCOC(=O)N1CCC(F)(CNC23C[C@@H]2C3c2ccccc2)CC1. The van der Waals surface area contributed by atoms with Crippen molar-refractivity contribution < 1.29 is 13.9 Å². The second-order valence-electron chi connectivity index (χ2n) is 7.43. The van der Waals surface area contributed by atoms with Gasteiger partial charge < -0.3 is 15.0 Å². The van der Waals surface area contributed by atoms with Gasteiger partial charge in [0, 0.05) is 43.9 Å². The maximum Gasteiger partial charge on any atom is 0.409 e. The molecule has 0 spiro atoms. The molecule has 24 heavy (non-hydrogen) atoms. The molecule has 0 radical (unpaired) electrons. The normalized spacial score (nSPS) is 32.8. The maximum absolute atomic E-state index is 15.1. The number of rotatable bonds is 5. The lowest BCUT2D eigenvalue weighted by Crippen LogP contribution is -2.50. The fourth-order valence-electron chi connectivity index (χ4n) is 4.22. The average Bonchev–Trinajstić information content (AvgIpc) is 3.45. The third-order valence-corrected chi connectivity index (χ3v) is 5.99. The first-order chi connectivity index (χ1) is 11.6. The lowest BCUT2D eigenvalue weighted by molar-refractivity contribution is 0.0439. The molecule has 0 bridgehead atoms. The lowest BCUT2D eigenvalue weighted by atomic mass is 9.92. The number of benzene rings is 1. The molecule has 3 fully saturated rings. The van der Waals surface area contributed by atoms with E-state index in [2.05, 4.69) is 29.6 Å². The van der Waals surface area contributed by atoms with E-state index in [1.54, 1.807) is 11.8 Å². The summed E-state index contributed by atoms with van der Waals surface area (Å²) in [6.07, 6.45) is 1.61. The van der Waals surface area contributed by atoms with Gasteiger partial charge in [-0.2, -0.15) is 0 Å². The highest BCUT2D eigenvalue weighted by atomic mass is 19.1. The Morgan fingerprint density at radius 2 is 2.04 bits per heavy atom. The molecule has 1 amide bonds. The third kappa shape index (κ3) is 2.69. The van der Waals surface area contributed by atoms with Gasteiger partial charge in [-0.05, 0) is 24.8 Å². The van der Waals surface area contributed by atoms with Gasteiger partial charge in [0.1, 0.15) is 5.67 Å². The maximum atomic E-state index is 15.1. The van der Waals surface area contributed by atoms with E-state index in [0.29, 0.717) is 50.9 Å². The second-order valence-corrected chi connectivity index (χ2v) is 7.43. The summed E-state index contributed by atoms with van der Waals surface area (Å²) in [5, 5.41) is 3.53. The zero-order chi connectivity index (χ0) is 16.8. The van der Waals surface area contributed by atoms with Crippen molar-refractivity contribution in [1.29, 1.82) is 0 Å². The third-order valence-electron chi connectivity index (χ3n) is 5.99. The minimum absolute atomic E-state index is 0.152. The largest absolute Gasteiger partial charge is 0.450 e. The van der Waals surface area contributed by atoms with Crippen molar-refractivity contribution in [2.45, 2.75) is 43.3 Å². The highest BCUT2D eigenvalue weighted by molar-refractivity contribution is 5.67. The Balaban J connectivity index is 1.28. The summed E-state index contributed by atoms with van der Waals surface area (Å²) in [5.41, 5.74) is 0.305. The highest BCUT2D eigenvalue weighted by Gasteiger charge is 2.78. The van der Waals surface area contributed by atoms with Gasteiger partial charge in [0.05, 0.1) is 6.61 Å². The lowest BCUT2D eigenvalue weighted by Gasteiger charge is -2.36. The molecule has 1 N–H and O–H groups in total. The van der Waals surface area contributed by atoms with Crippen LogP contribution in [0.25, 0.3) is 0 Å². The van der Waals surface area contributed by atoms with E-state index in [4.69, 9.17) is 4.74 Å². The summed E-state index contributed by atoms with van der Waals surface area (Å²) in [4.78, 5) is 13.3. The summed E-state index contributed by atoms with van der Waals surface area (Å²) < 4.78 is 20.1. The molecule has 2 aliphatic carbocycles. The fraction of sp³-hybridized carbons (Fsp3) is 0.632. The van der Waals surface area contributed by atoms with Crippen LogP contribution in [0.4, 0.5) is 9.18 Å². The Morgan fingerprint density at radius 1 is 1.33 bits per heavy atom. The molecular weight excluding hydrogens is 307 g/mol. The molecule has 1 heterocycles. The predicted molar refractivity (Wildman–Crippen MR) is 89.7 cm³/mol. The summed E-state index contributed by atoms with van der Waals surface area (Å²) >= 11 is 0. The van der Waals surface area contributed by atoms with E-state index in [1.807, 2.05) is 6.07 Å². The smallest absolute Gasteiger partial charge is 0.409 e. The topological polar surface area (TPSA) is 41.6 Å². The van der Waals surface area contributed by atoms with E-state index in [1.165, 1.54) is 5.56 Å². The molecule has 2 saturated carbocycles. The van der Waals surface area contributed by atoms with Crippen molar-refractivity contribution in [2.24, 2.45) is 5.92 Å². The molecule has 130 valence electrons. The molecule has 1 aromatic rings. The number of fused-ring (bicyclic) bond motifs is 1. The number of carbonyl (C=O) groups is 1. The van der Waals surface area contributed by atoms with Crippen LogP contribution in [0.1, 0.15) is 37.7 Å². The fourth-order valence-corrected chi connectivity index (χ4v) is 4.22. The zero-order valence-corrected chi connectivity index (χ0v) is 14.1. The number of hydrogen-bond acceptors (Lipinski definition) is 3.